The van der Waals surface area contributed by atoms with Gasteiger partial charge < -0.3 is 30.8 Å². The molecule has 1 aliphatic heterocycles. The Balaban J connectivity index is 1.60. The van der Waals surface area contributed by atoms with Gasteiger partial charge in [0.1, 0.15) is 18.2 Å². The highest BCUT2D eigenvalue weighted by molar-refractivity contribution is 6.00. The van der Waals surface area contributed by atoms with Gasteiger partial charge in [0.15, 0.2) is 5.78 Å². The molecule has 0 radical (unpaired) electrons. The minimum atomic E-state index is -1.10. The molecule has 1 unspecified atom stereocenters. The molecule has 10 nitrogen and oxygen atoms in total. The van der Waals surface area contributed by atoms with E-state index in [2.05, 4.69) is 34.6 Å². The van der Waals surface area contributed by atoms with Gasteiger partial charge in [-0.1, -0.05) is 54.0 Å². The van der Waals surface area contributed by atoms with E-state index in [9.17, 15) is 24.3 Å². The second kappa shape index (κ2) is 12.2. The van der Waals surface area contributed by atoms with Crippen LogP contribution in [0, 0.1) is 56.7 Å². The van der Waals surface area contributed by atoms with Crippen LogP contribution in [-0.4, -0.2) is 66.8 Å². The van der Waals surface area contributed by atoms with E-state index in [1.54, 1.807) is 6.08 Å². The Labute approximate surface area is 280 Å². The van der Waals surface area contributed by atoms with Crippen molar-refractivity contribution >= 4 is 23.7 Å². The van der Waals surface area contributed by atoms with E-state index in [1.807, 2.05) is 13.8 Å². The van der Waals surface area contributed by atoms with Gasteiger partial charge in [-0.2, -0.15) is 0 Å². The Morgan fingerprint density at radius 1 is 1.06 bits per heavy atom. The molecule has 47 heavy (non-hydrogen) atoms. The number of hydrogen-bond acceptors (Lipinski definition) is 9. The van der Waals surface area contributed by atoms with Gasteiger partial charge >= 0.3 is 17.9 Å². The average molecular weight is 659 g/mol. The molecule has 10 heteroatoms. The van der Waals surface area contributed by atoms with Crippen LogP contribution in [0.1, 0.15) is 100 Å². The molecule has 1 heterocycles. The number of carboxylic acid groups (broad SMARTS) is 1. The smallest absolute Gasteiger partial charge is 0.323 e. The topological polar surface area (TPSA) is 168 Å². The molecule has 3 saturated carbocycles. The zero-order valence-corrected chi connectivity index (χ0v) is 29.7. The average Bonchev–Trinajstić information content (AvgIpc) is 2.98. The fourth-order valence-corrected chi connectivity index (χ4v) is 11.6. The summed E-state index contributed by atoms with van der Waals surface area (Å²) in [6, 6.07) is -0.846. The van der Waals surface area contributed by atoms with E-state index in [-0.39, 0.29) is 29.5 Å². The van der Waals surface area contributed by atoms with Gasteiger partial charge in [-0.15, -0.1) is 0 Å². The highest BCUT2D eigenvalue weighted by Crippen LogP contribution is 2.74. The lowest BCUT2D eigenvalue weighted by Crippen LogP contribution is -2.71. The standard InChI is InChI=1S/C37H58N2O8/c1-20(2)21(3)33(5)13-14-35(7)23-11-12-27-34(6)18-45-19-37(27,24(23)16-28(41)36(35,8)29(33)31(42)43)17-26(46-22(4)40)30(34)47-32(44)25(39)10-9-15-38/h16,20-21,23,25-27,29-30H,9-15,17-19,38-39H2,1-8H3,(H,42,43)/t21-,23+,25?,26-,27+,29-,30+,33-,34-,35-,36+,37+/m1/s1. The predicted molar refractivity (Wildman–Crippen MR) is 176 cm³/mol. The van der Waals surface area contributed by atoms with Crippen molar-refractivity contribution in [3.8, 4) is 0 Å². The van der Waals surface area contributed by atoms with Crippen LogP contribution in [0.3, 0.4) is 0 Å². The number of carboxylic acids is 1. The monoisotopic (exact) mass is 658 g/mol. The van der Waals surface area contributed by atoms with Crippen LogP contribution < -0.4 is 11.5 Å². The van der Waals surface area contributed by atoms with Crippen LogP contribution in [0.5, 0.6) is 0 Å². The van der Waals surface area contributed by atoms with Crippen LogP contribution >= 0.6 is 0 Å². The fraction of sp³-hybridized carbons (Fsp3) is 0.838. The number of nitrogens with two attached hydrogens (primary N) is 2. The normalized spacial score (nSPS) is 43.9. The van der Waals surface area contributed by atoms with E-state index >= 15 is 0 Å². The molecule has 0 aromatic rings. The minimum Gasteiger partial charge on any atom is -0.481 e. The maximum Gasteiger partial charge on any atom is 0.323 e. The van der Waals surface area contributed by atoms with Crippen LogP contribution in [0.4, 0.5) is 0 Å². The number of allylic oxidation sites excluding steroid dienone is 1. The molecule has 4 fully saturated rings. The number of ketones is 1. The van der Waals surface area contributed by atoms with E-state index in [1.165, 1.54) is 6.92 Å². The number of carbonyl (C=O) groups excluding carboxylic acids is 3. The summed E-state index contributed by atoms with van der Waals surface area (Å²) in [6.45, 7) is 17.0. The Bertz CT molecular complexity index is 1330. The molecule has 264 valence electrons. The van der Waals surface area contributed by atoms with Crippen molar-refractivity contribution in [2.45, 2.75) is 119 Å². The van der Waals surface area contributed by atoms with E-state index in [0.29, 0.717) is 39.0 Å². The minimum absolute atomic E-state index is 0.0121. The van der Waals surface area contributed by atoms with Crippen molar-refractivity contribution in [3.05, 3.63) is 11.6 Å². The van der Waals surface area contributed by atoms with Gasteiger partial charge in [0.2, 0.25) is 0 Å². The summed E-state index contributed by atoms with van der Waals surface area (Å²) in [5, 5.41) is 10.9. The Morgan fingerprint density at radius 2 is 1.74 bits per heavy atom. The molecule has 0 spiro atoms. The van der Waals surface area contributed by atoms with E-state index in [4.69, 9.17) is 25.7 Å². The molecule has 1 saturated heterocycles. The number of rotatable bonds is 9. The summed E-state index contributed by atoms with van der Waals surface area (Å²) in [4.78, 5) is 53.9. The zero-order chi connectivity index (χ0) is 34.9. The first kappa shape index (κ1) is 36.0. The summed E-state index contributed by atoms with van der Waals surface area (Å²) in [5.74, 6) is -2.59. The van der Waals surface area contributed by atoms with Gasteiger partial charge in [-0.05, 0) is 92.1 Å². The van der Waals surface area contributed by atoms with E-state index in [0.717, 1.165) is 31.3 Å². The predicted octanol–water partition coefficient (Wildman–Crippen LogP) is 4.66. The van der Waals surface area contributed by atoms with Crippen molar-refractivity contribution in [1.29, 1.82) is 0 Å². The van der Waals surface area contributed by atoms with Crippen LogP contribution in [0.2, 0.25) is 0 Å². The van der Waals surface area contributed by atoms with Crippen LogP contribution in [0.25, 0.3) is 0 Å². The zero-order valence-electron chi connectivity index (χ0n) is 29.7. The number of aliphatic carboxylic acids is 1. The molecule has 0 aromatic carbocycles. The Morgan fingerprint density at radius 3 is 2.34 bits per heavy atom. The molecule has 0 amide bonds. The second-order valence-electron chi connectivity index (χ2n) is 17.0. The molecular formula is C37H58N2O8. The lowest BCUT2D eigenvalue weighted by molar-refractivity contribution is -0.262. The largest absolute Gasteiger partial charge is 0.481 e. The highest BCUT2D eigenvalue weighted by atomic mass is 16.6. The van der Waals surface area contributed by atoms with Gasteiger partial charge in [-0.3, -0.25) is 19.2 Å². The number of ether oxygens (including phenoxy) is 3. The summed E-state index contributed by atoms with van der Waals surface area (Å²) in [7, 11) is 0. The van der Waals surface area contributed by atoms with Crippen molar-refractivity contribution in [2.24, 2.45) is 68.1 Å². The van der Waals surface area contributed by atoms with Crippen molar-refractivity contribution in [2.75, 3.05) is 19.8 Å². The SMILES string of the molecule is CC(=O)O[C@@H]1C[C@@]23COC[C@](C)([C@@H]2CC[C@H]2C3=CC(=O)[C@@]3(C)[C@H](C(=O)O)[C@@](C)([C@H](C)C(C)C)CC[C@]23C)[C@H]1OC(=O)C(N)CCCN. The van der Waals surface area contributed by atoms with Crippen molar-refractivity contribution in [1.82, 2.24) is 0 Å². The number of fused-ring (bicyclic) bond motifs is 3. The summed E-state index contributed by atoms with van der Waals surface area (Å²) in [5.41, 5.74) is 9.23. The Hall–Kier alpha value is -2.30. The Kier molecular flexibility index (Phi) is 9.37. The van der Waals surface area contributed by atoms with Gasteiger partial charge in [0.25, 0.3) is 0 Å². The molecule has 5 rings (SSSR count). The van der Waals surface area contributed by atoms with Crippen LogP contribution in [-0.2, 0) is 33.4 Å². The van der Waals surface area contributed by atoms with Gasteiger partial charge in [0, 0.05) is 23.2 Å². The quantitative estimate of drug-likeness (QED) is 0.296. The number of carbonyl (C=O) groups is 4. The molecule has 5 aliphatic rings. The fourth-order valence-electron chi connectivity index (χ4n) is 11.6. The molecular weight excluding hydrogens is 600 g/mol. The first-order valence-corrected chi connectivity index (χ1v) is 17.8. The summed E-state index contributed by atoms with van der Waals surface area (Å²) in [6.07, 6.45) is 4.59. The number of hydrogen-bond donors (Lipinski definition) is 3. The van der Waals surface area contributed by atoms with Gasteiger partial charge in [0.05, 0.1) is 19.1 Å². The lowest BCUT2D eigenvalue weighted by Gasteiger charge is -2.70. The first-order chi connectivity index (χ1) is 21.8. The summed E-state index contributed by atoms with van der Waals surface area (Å²) < 4.78 is 18.5. The summed E-state index contributed by atoms with van der Waals surface area (Å²) >= 11 is 0. The van der Waals surface area contributed by atoms with Crippen molar-refractivity contribution < 1.29 is 38.5 Å². The molecule has 2 bridgehead atoms. The second-order valence-corrected chi connectivity index (χ2v) is 17.0. The van der Waals surface area contributed by atoms with Crippen LogP contribution in [0.15, 0.2) is 11.6 Å². The molecule has 12 atom stereocenters. The third-order valence-corrected chi connectivity index (χ3v) is 14.5. The maximum absolute atomic E-state index is 14.8. The number of esters is 2. The molecule has 4 aliphatic carbocycles. The van der Waals surface area contributed by atoms with Crippen molar-refractivity contribution in [3.63, 3.8) is 0 Å². The molecule has 5 N–H and O–H groups in total. The third-order valence-electron chi connectivity index (χ3n) is 14.5. The van der Waals surface area contributed by atoms with Gasteiger partial charge in [-0.25, -0.2) is 0 Å². The highest BCUT2D eigenvalue weighted by Gasteiger charge is 2.74. The van der Waals surface area contributed by atoms with E-state index < -0.39 is 69.2 Å². The lowest BCUT2D eigenvalue weighted by atomic mass is 9.34. The third kappa shape index (κ3) is 5.13. The maximum atomic E-state index is 14.8. The first-order valence-electron chi connectivity index (χ1n) is 17.8. The molecule has 0 aromatic heterocycles.